The van der Waals surface area contributed by atoms with Gasteiger partial charge in [-0.05, 0) is 25.5 Å². The molecular formula is C22H23N7O2. The van der Waals surface area contributed by atoms with Crippen molar-refractivity contribution in [2.75, 3.05) is 6.61 Å². The maximum Gasteiger partial charge on any atom is 0.278 e. The Morgan fingerprint density at radius 3 is 2.58 bits per heavy atom. The fourth-order valence-electron chi connectivity index (χ4n) is 4.58. The van der Waals surface area contributed by atoms with Crippen molar-refractivity contribution in [1.29, 1.82) is 5.26 Å². The normalized spacial score (nSPS) is 19.3. The first-order chi connectivity index (χ1) is 14.8. The van der Waals surface area contributed by atoms with E-state index in [0.29, 0.717) is 29.2 Å². The Morgan fingerprint density at radius 1 is 1.19 bits per heavy atom. The largest absolute Gasteiger partial charge is 0.376 e. The van der Waals surface area contributed by atoms with Crippen LogP contribution >= 0.6 is 0 Å². The van der Waals surface area contributed by atoms with Gasteiger partial charge in [-0.2, -0.15) is 5.26 Å². The van der Waals surface area contributed by atoms with Gasteiger partial charge in [-0.25, -0.2) is 4.98 Å². The number of fused-ring (bicyclic) bond motifs is 3. The number of benzene rings is 1. The molecule has 4 heterocycles. The summed E-state index contributed by atoms with van der Waals surface area (Å²) in [5, 5.41) is 17.8. The van der Waals surface area contributed by atoms with Crippen molar-refractivity contribution in [3.63, 3.8) is 0 Å². The van der Waals surface area contributed by atoms with Gasteiger partial charge in [-0.15, -0.1) is 9.78 Å². The van der Waals surface area contributed by atoms with Crippen LogP contribution in [0, 0.1) is 11.5 Å². The lowest BCUT2D eigenvalue weighted by Crippen LogP contribution is -2.30. The van der Waals surface area contributed by atoms with E-state index in [2.05, 4.69) is 15.3 Å². The van der Waals surface area contributed by atoms with Crippen molar-refractivity contribution in [3.05, 3.63) is 46.6 Å². The summed E-state index contributed by atoms with van der Waals surface area (Å²) in [6.45, 7) is 8.55. The van der Waals surface area contributed by atoms with Gasteiger partial charge in [0.15, 0.2) is 0 Å². The van der Waals surface area contributed by atoms with Crippen molar-refractivity contribution in [1.82, 2.24) is 28.9 Å². The van der Waals surface area contributed by atoms with Crippen LogP contribution in [0.3, 0.4) is 0 Å². The Labute approximate surface area is 178 Å². The standard InChI is InChI=1S/C22H23N7O2/c1-13-14(9-10-31-13)29-16-8-6-5-7-15(16)27-12-24-17(19(27)21(29)30)18-20(22(2,3)4)28(11-23)26-25-18/h5-8,12-14H,9-10H2,1-4H3. The van der Waals surface area contributed by atoms with Crippen LogP contribution in [0.15, 0.2) is 35.4 Å². The Morgan fingerprint density at radius 2 is 1.94 bits per heavy atom. The summed E-state index contributed by atoms with van der Waals surface area (Å²) in [6.07, 6.45) is 4.39. The number of ether oxygens (including phenoxy) is 1. The van der Waals surface area contributed by atoms with Crippen molar-refractivity contribution >= 4 is 16.6 Å². The van der Waals surface area contributed by atoms with Crippen molar-refractivity contribution in [2.24, 2.45) is 0 Å². The molecule has 0 spiro atoms. The molecule has 4 aromatic rings. The van der Waals surface area contributed by atoms with E-state index in [1.54, 1.807) is 6.33 Å². The predicted octanol–water partition coefficient (Wildman–Crippen LogP) is 2.88. The maximum atomic E-state index is 13.9. The fourth-order valence-corrected chi connectivity index (χ4v) is 4.58. The highest BCUT2D eigenvalue weighted by Crippen LogP contribution is 2.34. The highest BCUT2D eigenvalue weighted by atomic mass is 16.5. The average Bonchev–Trinajstić information content (AvgIpc) is 3.45. The third kappa shape index (κ3) is 2.79. The van der Waals surface area contributed by atoms with Gasteiger partial charge in [0, 0.05) is 12.0 Å². The Balaban J connectivity index is 1.89. The van der Waals surface area contributed by atoms with Crippen LogP contribution in [-0.4, -0.2) is 41.7 Å². The van der Waals surface area contributed by atoms with Gasteiger partial charge >= 0.3 is 0 Å². The molecule has 0 saturated carbocycles. The van der Waals surface area contributed by atoms with Crippen molar-refractivity contribution in [2.45, 2.75) is 51.7 Å². The zero-order chi connectivity index (χ0) is 21.9. The molecule has 31 heavy (non-hydrogen) atoms. The number of hydrogen-bond donors (Lipinski definition) is 0. The third-order valence-electron chi connectivity index (χ3n) is 5.96. The molecule has 2 unspecified atom stereocenters. The molecule has 1 aliphatic heterocycles. The lowest BCUT2D eigenvalue weighted by atomic mass is 9.89. The van der Waals surface area contributed by atoms with E-state index >= 15 is 0 Å². The minimum atomic E-state index is -0.422. The monoisotopic (exact) mass is 417 g/mol. The zero-order valence-corrected chi connectivity index (χ0v) is 17.9. The van der Waals surface area contributed by atoms with Crippen LogP contribution in [0.25, 0.3) is 27.9 Å². The summed E-state index contributed by atoms with van der Waals surface area (Å²) in [4.78, 5) is 18.5. The topological polar surface area (TPSA) is 103 Å². The minimum Gasteiger partial charge on any atom is -0.376 e. The first-order valence-electron chi connectivity index (χ1n) is 10.3. The first-order valence-corrected chi connectivity index (χ1v) is 10.3. The van der Waals surface area contributed by atoms with E-state index in [0.717, 1.165) is 17.5 Å². The van der Waals surface area contributed by atoms with Gasteiger partial charge in [0.1, 0.15) is 23.2 Å². The molecule has 3 aromatic heterocycles. The predicted molar refractivity (Wildman–Crippen MR) is 115 cm³/mol. The summed E-state index contributed by atoms with van der Waals surface area (Å²) in [6, 6.07) is 7.73. The highest BCUT2D eigenvalue weighted by molar-refractivity contribution is 5.85. The first kappa shape index (κ1) is 19.5. The van der Waals surface area contributed by atoms with Gasteiger partial charge in [-0.1, -0.05) is 38.1 Å². The van der Waals surface area contributed by atoms with Gasteiger partial charge < -0.3 is 4.74 Å². The van der Waals surface area contributed by atoms with Crippen LogP contribution in [0.1, 0.15) is 45.9 Å². The highest BCUT2D eigenvalue weighted by Gasteiger charge is 2.32. The second kappa shape index (κ2) is 6.75. The molecule has 9 nitrogen and oxygen atoms in total. The summed E-state index contributed by atoms with van der Waals surface area (Å²) in [7, 11) is 0. The number of rotatable bonds is 2. The Hall–Kier alpha value is -3.51. The second-order valence-corrected chi connectivity index (χ2v) is 8.96. The van der Waals surface area contributed by atoms with Crippen LogP contribution < -0.4 is 5.56 Å². The maximum absolute atomic E-state index is 13.9. The van der Waals surface area contributed by atoms with Crippen LogP contribution in [0.4, 0.5) is 0 Å². The number of imidazole rings is 1. The molecule has 158 valence electrons. The molecule has 5 rings (SSSR count). The Bertz CT molecular complexity index is 1410. The smallest absolute Gasteiger partial charge is 0.278 e. The second-order valence-electron chi connectivity index (χ2n) is 8.96. The number of nitrogens with zero attached hydrogens (tertiary/aromatic N) is 7. The zero-order valence-electron chi connectivity index (χ0n) is 17.9. The molecule has 1 saturated heterocycles. The van der Waals surface area contributed by atoms with Crippen LogP contribution in [-0.2, 0) is 10.2 Å². The van der Waals surface area contributed by atoms with Crippen molar-refractivity contribution < 1.29 is 4.74 Å². The lowest BCUT2D eigenvalue weighted by Gasteiger charge is -2.21. The van der Waals surface area contributed by atoms with E-state index in [1.807, 2.05) is 67.1 Å². The molecule has 9 heteroatoms. The average molecular weight is 417 g/mol. The van der Waals surface area contributed by atoms with Gasteiger partial charge in [0.2, 0.25) is 6.19 Å². The fraction of sp³-hybridized carbons (Fsp3) is 0.409. The molecule has 1 aliphatic rings. The van der Waals surface area contributed by atoms with Crippen LogP contribution in [0.5, 0.6) is 0 Å². The van der Waals surface area contributed by atoms with Crippen LogP contribution in [0.2, 0.25) is 0 Å². The SMILES string of the molecule is CC1OCCC1n1c(=O)c2c(-c3nnn(C#N)c3C(C)(C)C)ncn2c2ccccc21. The Kier molecular flexibility index (Phi) is 4.24. The lowest BCUT2D eigenvalue weighted by molar-refractivity contribution is 0.108. The van der Waals surface area contributed by atoms with Gasteiger partial charge in [0.05, 0.1) is 28.9 Å². The molecule has 0 N–H and O–H groups in total. The number of aromatic nitrogens is 6. The molecule has 1 fully saturated rings. The molecule has 2 atom stereocenters. The molecule has 1 aromatic carbocycles. The summed E-state index contributed by atoms with van der Waals surface area (Å²) in [5.74, 6) is 0. The summed E-state index contributed by atoms with van der Waals surface area (Å²) < 4.78 is 10.6. The molecular weight excluding hydrogens is 394 g/mol. The molecule has 0 radical (unpaired) electrons. The quantitative estimate of drug-likeness (QED) is 0.497. The molecule has 0 aliphatic carbocycles. The van der Waals surface area contributed by atoms with E-state index in [9.17, 15) is 10.1 Å². The third-order valence-corrected chi connectivity index (χ3v) is 5.96. The van der Waals surface area contributed by atoms with E-state index in [1.165, 1.54) is 4.68 Å². The van der Waals surface area contributed by atoms with E-state index < -0.39 is 5.41 Å². The number of para-hydroxylation sites is 2. The number of hydrogen-bond acceptors (Lipinski definition) is 6. The summed E-state index contributed by atoms with van der Waals surface area (Å²) in [5.41, 5.74) is 3.06. The van der Waals surface area contributed by atoms with Gasteiger partial charge in [-0.3, -0.25) is 13.8 Å². The molecule has 0 amide bonds. The van der Waals surface area contributed by atoms with E-state index in [4.69, 9.17) is 4.74 Å². The van der Waals surface area contributed by atoms with Crippen molar-refractivity contribution in [3.8, 4) is 17.6 Å². The van der Waals surface area contributed by atoms with E-state index in [-0.39, 0.29) is 17.7 Å². The number of nitriles is 1. The van der Waals surface area contributed by atoms with Gasteiger partial charge in [0.25, 0.3) is 5.56 Å². The minimum absolute atomic E-state index is 0.0676. The summed E-state index contributed by atoms with van der Waals surface area (Å²) >= 11 is 0. The molecule has 0 bridgehead atoms.